The number of ether oxygens (including phenoxy) is 2. The van der Waals surface area contributed by atoms with Gasteiger partial charge in [-0.15, -0.1) is 0 Å². The van der Waals surface area contributed by atoms with Gasteiger partial charge in [0.05, 0.1) is 25.4 Å². The molecule has 0 spiro atoms. The van der Waals surface area contributed by atoms with Crippen molar-refractivity contribution in [3.8, 4) is 0 Å². The van der Waals surface area contributed by atoms with Gasteiger partial charge >= 0.3 is 0 Å². The van der Waals surface area contributed by atoms with Crippen LogP contribution < -0.4 is 4.90 Å². The summed E-state index contributed by atoms with van der Waals surface area (Å²) in [6.07, 6.45) is 9.45. The zero-order chi connectivity index (χ0) is 15.5. The van der Waals surface area contributed by atoms with Crippen LogP contribution in [0.2, 0.25) is 0 Å². The van der Waals surface area contributed by atoms with Crippen LogP contribution in [-0.2, 0) is 16.1 Å². The van der Waals surface area contributed by atoms with E-state index in [-0.39, 0.29) is 12.2 Å². The highest BCUT2D eigenvalue weighted by Crippen LogP contribution is 2.34. The Bertz CT molecular complexity index is 625. The van der Waals surface area contributed by atoms with E-state index in [9.17, 15) is 0 Å². The van der Waals surface area contributed by atoms with Crippen LogP contribution in [0.4, 0.5) is 5.95 Å². The molecule has 6 heteroatoms. The van der Waals surface area contributed by atoms with E-state index in [0.717, 1.165) is 30.9 Å². The van der Waals surface area contributed by atoms with Crippen molar-refractivity contribution in [1.82, 2.24) is 15.0 Å². The Balaban J connectivity index is 1.43. The van der Waals surface area contributed by atoms with Gasteiger partial charge in [-0.2, -0.15) is 0 Å². The molecule has 0 unspecified atom stereocenters. The quantitative estimate of drug-likeness (QED) is 0.858. The van der Waals surface area contributed by atoms with E-state index in [2.05, 4.69) is 19.9 Å². The van der Waals surface area contributed by atoms with Crippen molar-refractivity contribution in [1.29, 1.82) is 0 Å². The fourth-order valence-corrected chi connectivity index (χ4v) is 3.47. The predicted molar refractivity (Wildman–Crippen MR) is 85.0 cm³/mol. The molecular formula is C17H20N4O2. The van der Waals surface area contributed by atoms with Gasteiger partial charge in [0.2, 0.25) is 5.95 Å². The SMILES string of the molecule is c1cnc(N2CCO[C@H]3[C@@H](OCc4cccnc4)CC[C@@H]32)nc1. The largest absolute Gasteiger partial charge is 0.372 e. The minimum Gasteiger partial charge on any atom is -0.372 e. The first kappa shape index (κ1) is 14.5. The standard InChI is InChI=1S/C17H20N4O2/c1-3-13(11-18-6-1)12-23-15-5-4-14-16(15)22-10-9-21(14)17-19-7-2-8-20-17/h1-3,6-8,11,14-16H,4-5,9-10,12H2/t14-,15-,16+/m0/s1. The molecule has 4 rings (SSSR count). The third-order valence-electron chi connectivity index (χ3n) is 4.53. The second kappa shape index (κ2) is 6.60. The molecule has 2 aliphatic rings. The van der Waals surface area contributed by atoms with Crippen molar-refractivity contribution in [2.24, 2.45) is 0 Å². The zero-order valence-corrected chi connectivity index (χ0v) is 12.9. The summed E-state index contributed by atoms with van der Waals surface area (Å²) < 4.78 is 12.1. The molecule has 0 amide bonds. The molecule has 1 saturated carbocycles. The van der Waals surface area contributed by atoms with E-state index in [1.807, 2.05) is 24.4 Å². The van der Waals surface area contributed by atoms with Crippen molar-refractivity contribution in [3.63, 3.8) is 0 Å². The second-order valence-corrected chi connectivity index (χ2v) is 5.93. The highest BCUT2D eigenvalue weighted by atomic mass is 16.5. The Kier molecular flexibility index (Phi) is 4.17. The van der Waals surface area contributed by atoms with Crippen LogP contribution in [0.15, 0.2) is 43.0 Å². The lowest BCUT2D eigenvalue weighted by Gasteiger charge is -2.39. The number of rotatable bonds is 4. The smallest absolute Gasteiger partial charge is 0.225 e. The highest BCUT2D eigenvalue weighted by Gasteiger charge is 2.44. The van der Waals surface area contributed by atoms with Crippen LogP contribution in [-0.4, -0.2) is 46.4 Å². The summed E-state index contributed by atoms with van der Waals surface area (Å²) in [5.74, 6) is 0.790. The van der Waals surface area contributed by atoms with Gasteiger partial charge in [-0.1, -0.05) is 6.07 Å². The molecule has 2 aromatic rings. The van der Waals surface area contributed by atoms with E-state index >= 15 is 0 Å². The molecule has 23 heavy (non-hydrogen) atoms. The summed E-state index contributed by atoms with van der Waals surface area (Å²) in [6, 6.07) is 6.10. The molecule has 1 saturated heterocycles. The molecule has 2 aromatic heterocycles. The number of pyridine rings is 1. The molecule has 0 N–H and O–H groups in total. The number of hydrogen-bond donors (Lipinski definition) is 0. The van der Waals surface area contributed by atoms with Crippen LogP contribution in [0.1, 0.15) is 18.4 Å². The highest BCUT2D eigenvalue weighted by molar-refractivity contribution is 5.33. The monoisotopic (exact) mass is 312 g/mol. The summed E-state index contributed by atoms with van der Waals surface area (Å²) in [5.41, 5.74) is 1.09. The van der Waals surface area contributed by atoms with E-state index < -0.39 is 0 Å². The maximum atomic E-state index is 6.11. The number of morpholine rings is 1. The van der Waals surface area contributed by atoms with Gasteiger partial charge in [-0.05, 0) is 30.5 Å². The Morgan fingerprint density at radius 2 is 2.09 bits per heavy atom. The summed E-state index contributed by atoms with van der Waals surface area (Å²) in [6.45, 7) is 2.10. The number of nitrogens with zero attached hydrogens (tertiary/aromatic N) is 4. The molecule has 1 aliphatic carbocycles. The Hall–Kier alpha value is -2.05. The number of anilines is 1. The number of hydrogen-bond acceptors (Lipinski definition) is 6. The van der Waals surface area contributed by atoms with Crippen LogP contribution in [0, 0.1) is 0 Å². The lowest BCUT2D eigenvalue weighted by molar-refractivity contribution is -0.0773. The van der Waals surface area contributed by atoms with Gasteiger partial charge < -0.3 is 14.4 Å². The summed E-state index contributed by atoms with van der Waals surface area (Å²) in [5, 5.41) is 0. The molecule has 0 aromatic carbocycles. The molecule has 0 bridgehead atoms. The lowest BCUT2D eigenvalue weighted by Crippen LogP contribution is -2.52. The van der Waals surface area contributed by atoms with Gasteiger partial charge in [0.15, 0.2) is 0 Å². The van der Waals surface area contributed by atoms with E-state index in [4.69, 9.17) is 9.47 Å². The lowest BCUT2D eigenvalue weighted by atomic mass is 10.1. The fourth-order valence-electron chi connectivity index (χ4n) is 3.47. The Morgan fingerprint density at radius 3 is 2.91 bits per heavy atom. The normalized spacial score (nSPS) is 27.0. The summed E-state index contributed by atoms with van der Waals surface area (Å²) in [7, 11) is 0. The molecule has 120 valence electrons. The topological polar surface area (TPSA) is 60.4 Å². The minimum atomic E-state index is 0.0872. The van der Waals surface area contributed by atoms with Gasteiger partial charge in [0.1, 0.15) is 6.10 Å². The van der Waals surface area contributed by atoms with Crippen molar-refractivity contribution < 1.29 is 9.47 Å². The average Bonchev–Trinajstić information content (AvgIpc) is 3.05. The molecule has 0 radical (unpaired) electrons. The van der Waals surface area contributed by atoms with Gasteiger partial charge in [0, 0.05) is 31.3 Å². The van der Waals surface area contributed by atoms with Crippen LogP contribution in [0.25, 0.3) is 0 Å². The van der Waals surface area contributed by atoms with Crippen molar-refractivity contribution in [3.05, 3.63) is 48.5 Å². The molecule has 3 atom stereocenters. The number of aromatic nitrogens is 3. The summed E-state index contributed by atoms with van der Waals surface area (Å²) >= 11 is 0. The Labute approximate surface area is 135 Å². The van der Waals surface area contributed by atoms with Crippen LogP contribution in [0.3, 0.4) is 0 Å². The third kappa shape index (κ3) is 3.04. The van der Waals surface area contributed by atoms with Crippen molar-refractivity contribution >= 4 is 5.95 Å². The molecule has 3 heterocycles. The molecule has 6 nitrogen and oxygen atoms in total. The van der Waals surface area contributed by atoms with Crippen molar-refractivity contribution in [2.45, 2.75) is 37.7 Å². The maximum absolute atomic E-state index is 6.11. The Morgan fingerprint density at radius 1 is 1.17 bits per heavy atom. The molecular weight excluding hydrogens is 292 g/mol. The van der Waals surface area contributed by atoms with E-state index in [1.165, 1.54) is 0 Å². The maximum Gasteiger partial charge on any atom is 0.225 e. The van der Waals surface area contributed by atoms with Gasteiger partial charge in [-0.3, -0.25) is 4.98 Å². The van der Waals surface area contributed by atoms with Crippen molar-refractivity contribution in [2.75, 3.05) is 18.1 Å². The number of fused-ring (bicyclic) bond motifs is 1. The van der Waals surface area contributed by atoms with Crippen LogP contribution in [0.5, 0.6) is 0 Å². The summed E-state index contributed by atoms with van der Waals surface area (Å²) in [4.78, 5) is 15.2. The minimum absolute atomic E-state index is 0.0872. The molecule has 1 aliphatic heterocycles. The second-order valence-electron chi connectivity index (χ2n) is 5.93. The fraction of sp³-hybridized carbons (Fsp3) is 0.471. The third-order valence-corrected chi connectivity index (χ3v) is 4.53. The first-order valence-corrected chi connectivity index (χ1v) is 8.07. The first-order chi connectivity index (χ1) is 11.4. The van der Waals surface area contributed by atoms with Gasteiger partial charge in [-0.25, -0.2) is 9.97 Å². The van der Waals surface area contributed by atoms with Gasteiger partial charge in [0.25, 0.3) is 0 Å². The zero-order valence-electron chi connectivity index (χ0n) is 12.9. The van der Waals surface area contributed by atoms with E-state index in [0.29, 0.717) is 19.3 Å². The van der Waals surface area contributed by atoms with Crippen LogP contribution >= 0.6 is 0 Å². The van der Waals surface area contributed by atoms with E-state index in [1.54, 1.807) is 18.6 Å². The predicted octanol–water partition coefficient (Wildman–Crippen LogP) is 1.82. The first-order valence-electron chi connectivity index (χ1n) is 8.07. The average molecular weight is 312 g/mol. The molecule has 2 fully saturated rings.